The van der Waals surface area contributed by atoms with Crippen LogP contribution in [-0.4, -0.2) is 15.9 Å². The summed E-state index contributed by atoms with van der Waals surface area (Å²) < 4.78 is 0. The summed E-state index contributed by atoms with van der Waals surface area (Å²) in [7, 11) is 0. The first-order valence-corrected chi connectivity index (χ1v) is 5.75. The van der Waals surface area contributed by atoms with Crippen molar-refractivity contribution in [1.82, 2.24) is 4.98 Å². The molecule has 1 atom stereocenters. The first kappa shape index (κ1) is 13.2. The van der Waals surface area contributed by atoms with Crippen LogP contribution >= 0.6 is 0 Å². The van der Waals surface area contributed by atoms with Crippen LogP contribution < -0.4 is 11.1 Å². The molecule has 0 saturated heterocycles. The highest BCUT2D eigenvalue weighted by Gasteiger charge is 2.12. The molecule has 0 spiro atoms. The minimum Gasteiger partial charge on any atom is -0.383 e. The molecule has 0 aromatic carbocycles. The lowest BCUT2D eigenvalue weighted by molar-refractivity contribution is -0.384. The van der Waals surface area contributed by atoms with E-state index in [0.717, 1.165) is 19.3 Å². The van der Waals surface area contributed by atoms with Crippen LogP contribution in [0.5, 0.6) is 0 Å². The number of nitro groups is 1. The maximum absolute atomic E-state index is 10.7. The number of aromatic nitrogens is 1. The van der Waals surface area contributed by atoms with E-state index in [1.807, 2.05) is 0 Å². The average Bonchev–Trinajstić information content (AvgIpc) is 2.27. The molecule has 6 heteroatoms. The lowest BCUT2D eigenvalue weighted by Gasteiger charge is -2.16. The molecule has 1 rings (SSSR count). The number of hydrogen-bond acceptors (Lipinski definition) is 5. The lowest BCUT2D eigenvalue weighted by Crippen LogP contribution is -2.19. The van der Waals surface area contributed by atoms with Crippen molar-refractivity contribution in [2.24, 2.45) is 0 Å². The molecule has 1 aromatic heterocycles. The van der Waals surface area contributed by atoms with Crippen LogP contribution in [0.25, 0.3) is 0 Å². The van der Waals surface area contributed by atoms with Gasteiger partial charge in [0.15, 0.2) is 0 Å². The molecule has 1 aromatic rings. The van der Waals surface area contributed by atoms with Crippen LogP contribution in [0.4, 0.5) is 17.3 Å². The van der Waals surface area contributed by atoms with Gasteiger partial charge in [-0.3, -0.25) is 10.1 Å². The summed E-state index contributed by atoms with van der Waals surface area (Å²) in [5.41, 5.74) is 5.50. The van der Waals surface area contributed by atoms with Crippen molar-refractivity contribution >= 4 is 17.3 Å². The number of nitrogen functional groups attached to an aromatic ring is 1. The molecule has 0 bridgehead atoms. The minimum atomic E-state index is -0.468. The fourth-order valence-electron chi connectivity index (χ4n) is 1.65. The van der Waals surface area contributed by atoms with Gasteiger partial charge in [-0.2, -0.15) is 0 Å². The Morgan fingerprint density at radius 2 is 2.24 bits per heavy atom. The summed E-state index contributed by atoms with van der Waals surface area (Å²) in [6, 6.07) is 2.94. The van der Waals surface area contributed by atoms with Gasteiger partial charge < -0.3 is 11.1 Å². The smallest absolute Gasteiger partial charge is 0.276 e. The lowest BCUT2D eigenvalue weighted by atomic mass is 10.1. The van der Waals surface area contributed by atoms with Crippen molar-refractivity contribution in [3.63, 3.8) is 0 Å². The SMILES string of the molecule is CCCC(CC)Nc1cc([N+](=O)[O-])cc(N)n1. The van der Waals surface area contributed by atoms with Gasteiger partial charge in [-0.15, -0.1) is 0 Å². The number of nitrogens with two attached hydrogens (primary N) is 1. The molecule has 94 valence electrons. The van der Waals surface area contributed by atoms with Crippen molar-refractivity contribution in [1.29, 1.82) is 0 Å². The van der Waals surface area contributed by atoms with Gasteiger partial charge in [-0.05, 0) is 12.8 Å². The monoisotopic (exact) mass is 238 g/mol. The summed E-state index contributed by atoms with van der Waals surface area (Å²) in [6.45, 7) is 4.16. The zero-order valence-electron chi connectivity index (χ0n) is 10.1. The van der Waals surface area contributed by atoms with Crippen LogP contribution in [0.15, 0.2) is 12.1 Å². The summed E-state index contributed by atoms with van der Waals surface area (Å²) in [6.07, 6.45) is 2.99. The highest BCUT2D eigenvalue weighted by atomic mass is 16.6. The second-order valence-electron chi connectivity index (χ2n) is 3.93. The van der Waals surface area contributed by atoms with E-state index in [-0.39, 0.29) is 17.5 Å². The largest absolute Gasteiger partial charge is 0.383 e. The standard InChI is InChI=1S/C11H18N4O2/c1-3-5-8(4-2)13-11-7-9(15(16)17)6-10(12)14-11/h6-8H,3-5H2,1-2H3,(H3,12,13,14). The van der Waals surface area contributed by atoms with E-state index in [2.05, 4.69) is 24.1 Å². The van der Waals surface area contributed by atoms with Gasteiger partial charge in [0.25, 0.3) is 5.69 Å². The molecule has 3 N–H and O–H groups in total. The fourth-order valence-corrected chi connectivity index (χ4v) is 1.65. The number of anilines is 2. The van der Waals surface area contributed by atoms with Crippen molar-refractivity contribution in [2.75, 3.05) is 11.1 Å². The Morgan fingerprint density at radius 1 is 1.53 bits per heavy atom. The molecule has 0 fully saturated rings. The van der Waals surface area contributed by atoms with Gasteiger partial charge in [0.05, 0.1) is 17.1 Å². The number of hydrogen-bond donors (Lipinski definition) is 2. The molecule has 6 nitrogen and oxygen atoms in total. The molecule has 1 heterocycles. The summed E-state index contributed by atoms with van der Waals surface area (Å²) in [5.74, 6) is 0.630. The van der Waals surface area contributed by atoms with Crippen LogP contribution in [-0.2, 0) is 0 Å². The zero-order chi connectivity index (χ0) is 12.8. The third-order valence-corrected chi connectivity index (χ3v) is 2.52. The van der Waals surface area contributed by atoms with E-state index in [1.165, 1.54) is 12.1 Å². The first-order valence-electron chi connectivity index (χ1n) is 5.75. The molecule has 0 amide bonds. The Morgan fingerprint density at radius 3 is 2.76 bits per heavy atom. The van der Waals surface area contributed by atoms with Gasteiger partial charge in [0, 0.05) is 6.04 Å². The topological polar surface area (TPSA) is 94.1 Å². The minimum absolute atomic E-state index is 0.0358. The molecule has 0 radical (unpaired) electrons. The maximum atomic E-state index is 10.7. The predicted molar refractivity (Wildman–Crippen MR) is 67.9 cm³/mol. The highest BCUT2D eigenvalue weighted by Crippen LogP contribution is 2.20. The molecule has 1 unspecified atom stereocenters. The van der Waals surface area contributed by atoms with Crippen LogP contribution in [0.3, 0.4) is 0 Å². The maximum Gasteiger partial charge on any atom is 0.276 e. The molecule has 17 heavy (non-hydrogen) atoms. The highest BCUT2D eigenvalue weighted by molar-refractivity contribution is 5.53. The second kappa shape index (κ2) is 6.03. The molecule has 0 aliphatic heterocycles. The first-order chi connectivity index (χ1) is 8.06. The van der Waals surface area contributed by atoms with Crippen molar-refractivity contribution < 1.29 is 4.92 Å². The Kier molecular flexibility index (Phi) is 4.68. The molecular weight excluding hydrogens is 220 g/mol. The third kappa shape index (κ3) is 3.90. The van der Waals surface area contributed by atoms with Crippen LogP contribution in [0.2, 0.25) is 0 Å². The van der Waals surface area contributed by atoms with Crippen molar-refractivity contribution in [3.8, 4) is 0 Å². The molecule has 0 aliphatic rings. The Balaban J connectivity index is 2.86. The Hall–Kier alpha value is -1.85. The average molecular weight is 238 g/mol. The Bertz CT molecular complexity index is 395. The van der Waals surface area contributed by atoms with Crippen LogP contribution in [0.1, 0.15) is 33.1 Å². The Labute approximate surface area is 100 Å². The van der Waals surface area contributed by atoms with E-state index < -0.39 is 4.92 Å². The number of nitrogens with one attached hydrogen (secondary N) is 1. The number of pyridine rings is 1. The summed E-state index contributed by atoms with van der Waals surface area (Å²) in [4.78, 5) is 14.3. The zero-order valence-corrected chi connectivity index (χ0v) is 10.1. The van der Waals surface area contributed by atoms with Crippen molar-refractivity contribution in [2.45, 2.75) is 39.2 Å². The van der Waals surface area contributed by atoms with Gasteiger partial charge in [0.1, 0.15) is 11.6 Å². The predicted octanol–water partition coefficient (Wildman–Crippen LogP) is 2.56. The van der Waals surface area contributed by atoms with Crippen LogP contribution in [0, 0.1) is 10.1 Å². The number of nitrogens with zero attached hydrogens (tertiary/aromatic N) is 2. The molecule has 0 aliphatic carbocycles. The third-order valence-electron chi connectivity index (χ3n) is 2.52. The van der Waals surface area contributed by atoms with E-state index in [9.17, 15) is 10.1 Å². The van der Waals surface area contributed by atoms with Gasteiger partial charge in [-0.25, -0.2) is 4.98 Å². The molecular formula is C11H18N4O2. The fraction of sp³-hybridized carbons (Fsp3) is 0.545. The van der Waals surface area contributed by atoms with Gasteiger partial charge in [-0.1, -0.05) is 20.3 Å². The van der Waals surface area contributed by atoms with E-state index in [1.54, 1.807) is 0 Å². The van der Waals surface area contributed by atoms with E-state index in [0.29, 0.717) is 5.82 Å². The van der Waals surface area contributed by atoms with E-state index in [4.69, 9.17) is 5.73 Å². The second-order valence-corrected chi connectivity index (χ2v) is 3.93. The normalized spacial score (nSPS) is 12.1. The van der Waals surface area contributed by atoms with Gasteiger partial charge >= 0.3 is 0 Å². The van der Waals surface area contributed by atoms with Crippen molar-refractivity contribution in [3.05, 3.63) is 22.2 Å². The summed E-state index contributed by atoms with van der Waals surface area (Å²) >= 11 is 0. The number of rotatable bonds is 6. The summed E-state index contributed by atoms with van der Waals surface area (Å²) in [5, 5.41) is 13.9. The molecule has 0 saturated carbocycles. The van der Waals surface area contributed by atoms with E-state index >= 15 is 0 Å². The quantitative estimate of drug-likeness (QED) is 0.586. The van der Waals surface area contributed by atoms with Gasteiger partial charge in [0.2, 0.25) is 0 Å².